The molecule has 2 unspecified atom stereocenters. The summed E-state index contributed by atoms with van der Waals surface area (Å²) in [6.07, 6.45) is 5.32. The highest BCUT2D eigenvalue weighted by molar-refractivity contribution is 8.13. The average Bonchev–Trinajstić information content (AvgIpc) is 3.04. The number of fused-ring (bicyclic) bond motifs is 1. The Morgan fingerprint density at radius 2 is 2.15 bits per heavy atom. The van der Waals surface area contributed by atoms with Gasteiger partial charge in [0, 0.05) is 43.9 Å². The summed E-state index contributed by atoms with van der Waals surface area (Å²) >= 11 is 1.35. The number of piperidine rings is 1. The molecule has 2 atom stereocenters. The first-order chi connectivity index (χ1) is 9.74. The van der Waals surface area contributed by atoms with Gasteiger partial charge in [0.15, 0.2) is 0 Å². The van der Waals surface area contributed by atoms with Crippen LogP contribution in [0, 0.1) is 0 Å². The zero-order valence-electron chi connectivity index (χ0n) is 11.8. The van der Waals surface area contributed by atoms with Crippen LogP contribution in [0.25, 0.3) is 0 Å². The Morgan fingerprint density at radius 1 is 1.25 bits per heavy atom. The summed E-state index contributed by atoms with van der Waals surface area (Å²) in [6, 6.07) is 0.878. The molecule has 3 aliphatic heterocycles. The molecule has 0 aliphatic carbocycles. The number of amides is 2. The minimum absolute atomic E-state index is 0.104. The molecular formula is C14H23N3O2S. The largest absolute Gasteiger partial charge is 0.352 e. The molecule has 20 heavy (non-hydrogen) atoms. The topological polar surface area (TPSA) is 52.7 Å². The Morgan fingerprint density at radius 3 is 2.95 bits per heavy atom. The molecule has 0 aromatic rings. The van der Waals surface area contributed by atoms with E-state index in [-0.39, 0.29) is 11.1 Å². The van der Waals surface area contributed by atoms with Gasteiger partial charge in [-0.25, -0.2) is 0 Å². The number of nitrogens with one attached hydrogen (secondary N) is 1. The standard InChI is InChI=1S/C14H23N3O2S/c18-13(5-8-17-9-10-20-14(17)19)15-11-4-7-16-6-2-1-3-12(11)16/h11-12H,1-10H2,(H,15,18). The van der Waals surface area contributed by atoms with Crippen molar-refractivity contribution in [2.45, 2.75) is 44.2 Å². The maximum atomic E-state index is 12.1. The van der Waals surface area contributed by atoms with Gasteiger partial charge in [-0.15, -0.1) is 0 Å². The van der Waals surface area contributed by atoms with Crippen molar-refractivity contribution in [1.29, 1.82) is 0 Å². The van der Waals surface area contributed by atoms with Crippen LogP contribution in [0.2, 0.25) is 0 Å². The van der Waals surface area contributed by atoms with Crippen LogP contribution < -0.4 is 5.32 Å². The Kier molecular flexibility index (Phi) is 4.51. The van der Waals surface area contributed by atoms with Crippen LogP contribution >= 0.6 is 11.8 Å². The van der Waals surface area contributed by atoms with Gasteiger partial charge in [-0.1, -0.05) is 18.2 Å². The van der Waals surface area contributed by atoms with E-state index in [0.29, 0.717) is 25.0 Å². The number of carbonyl (C=O) groups excluding carboxylic acids is 2. The van der Waals surface area contributed by atoms with Crippen molar-refractivity contribution >= 4 is 22.9 Å². The normalized spacial score (nSPS) is 30.6. The number of carbonyl (C=O) groups is 2. The molecular weight excluding hydrogens is 274 g/mol. The fourth-order valence-electron chi connectivity index (χ4n) is 3.56. The fourth-order valence-corrected chi connectivity index (χ4v) is 4.41. The Labute approximate surface area is 124 Å². The molecule has 6 heteroatoms. The van der Waals surface area contributed by atoms with E-state index in [4.69, 9.17) is 0 Å². The molecule has 0 saturated carbocycles. The molecule has 3 aliphatic rings. The van der Waals surface area contributed by atoms with Crippen LogP contribution in [-0.4, -0.2) is 65.0 Å². The zero-order chi connectivity index (χ0) is 13.9. The van der Waals surface area contributed by atoms with Gasteiger partial charge in [-0.2, -0.15) is 0 Å². The lowest BCUT2D eigenvalue weighted by Gasteiger charge is -2.32. The van der Waals surface area contributed by atoms with Crippen molar-refractivity contribution < 1.29 is 9.59 Å². The monoisotopic (exact) mass is 297 g/mol. The van der Waals surface area contributed by atoms with Crippen LogP contribution in [0.15, 0.2) is 0 Å². The lowest BCUT2D eigenvalue weighted by atomic mass is 9.99. The van der Waals surface area contributed by atoms with E-state index < -0.39 is 0 Å². The SMILES string of the molecule is O=C(CCN1CCSC1=O)NC1CCN2CCCCC12. The second kappa shape index (κ2) is 6.35. The lowest BCUT2D eigenvalue weighted by Crippen LogP contribution is -2.47. The molecule has 3 saturated heterocycles. The van der Waals surface area contributed by atoms with E-state index in [0.717, 1.165) is 25.3 Å². The van der Waals surface area contributed by atoms with Gasteiger partial charge in [0.2, 0.25) is 5.91 Å². The molecule has 2 amide bonds. The Bertz CT molecular complexity index is 391. The smallest absolute Gasteiger partial charge is 0.281 e. The number of hydrogen-bond donors (Lipinski definition) is 1. The lowest BCUT2D eigenvalue weighted by molar-refractivity contribution is -0.122. The van der Waals surface area contributed by atoms with Crippen molar-refractivity contribution in [3.05, 3.63) is 0 Å². The van der Waals surface area contributed by atoms with E-state index in [1.807, 2.05) is 0 Å². The molecule has 0 bridgehead atoms. The van der Waals surface area contributed by atoms with Crippen LogP contribution in [-0.2, 0) is 4.79 Å². The van der Waals surface area contributed by atoms with Crippen molar-refractivity contribution in [2.75, 3.05) is 31.9 Å². The van der Waals surface area contributed by atoms with E-state index in [2.05, 4.69) is 10.2 Å². The van der Waals surface area contributed by atoms with Crippen LogP contribution in [0.5, 0.6) is 0 Å². The van der Waals surface area contributed by atoms with Crippen molar-refractivity contribution in [3.8, 4) is 0 Å². The van der Waals surface area contributed by atoms with Crippen molar-refractivity contribution in [2.24, 2.45) is 0 Å². The molecule has 3 heterocycles. The van der Waals surface area contributed by atoms with Gasteiger partial charge in [0.05, 0.1) is 0 Å². The highest BCUT2D eigenvalue weighted by atomic mass is 32.2. The molecule has 0 radical (unpaired) electrons. The maximum absolute atomic E-state index is 12.1. The Hall–Kier alpha value is -0.750. The molecule has 112 valence electrons. The van der Waals surface area contributed by atoms with Gasteiger partial charge in [0.1, 0.15) is 0 Å². The quantitative estimate of drug-likeness (QED) is 0.849. The highest BCUT2D eigenvalue weighted by Gasteiger charge is 2.36. The van der Waals surface area contributed by atoms with Gasteiger partial charge < -0.3 is 10.2 Å². The predicted octanol–water partition coefficient (Wildman–Crippen LogP) is 1.29. The van der Waals surface area contributed by atoms with E-state index in [1.165, 1.54) is 37.6 Å². The van der Waals surface area contributed by atoms with Crippen LogP contribution in [0.4, 0.5) is 4.79 Å². The van der Waals surface area contributed by atoms with Gasteiger partial charge in [-0.05, 0) is 25.8 Å². The third kappa shape index (κ3) is 3.11. The average molecular weight is 297 g/mol. The van der Waals surface area contributed by atoms with Crippen LogP contribution in [0.3, 0.4) is 0 Å². The van der Waals surface area contributed by atoms with Gasteiger partial charge in [-0.3, -0.25) is 14.5 Å². The first-order valence-corrected chi connectivity index (χ1v) is 8.68. The van der Waals surface area contributed by atoms with E-state index in [9.17, 15) is 9.59 Å². The predicted molar refractivity (Wildman–Crippen MR) is 79.8 cm³/mol. The third-order valence-corrected chi connectivity index (χ3v) is 5.55. The summed E-state index contributed by atoms with van der Waals surface area (Å²) in [5, 5.41) is 3.31. The molecule has 0 aromatic heterocycles. The summed E-state index contributed by atoms with van der Waals surface area (Å²) in [5.74, 6) is 0.965. The molecule has 0 aromatic carbocycles. The minimum Gasteiger partial charge on any atom is -0.352 e. The Balaban J connectivity index is 1.43. The zero-order valence-corrected chi connectivity index (χ0v) is 12.7. The summed E-state index contributed by atoms with van der Waals surface area (Å²) in [6.45, 7) is 3.67. The van der Waals surface area contributed by atoms with Crippen molar-refractivity contribution in [1.82, 2.24) is 15.1 Å². The summed E-state index contributed by atoms with van der Waals surface area (Å²) in [5.41, 5.74) is 0. The van der Waals surface area contributed by atoms with Crippen molar-refractivity contribution in [3.63, 3.8) is 0 Å². The number of nitrogens with zero attached hydrogens (tertiary/aromatic N) is 2. The van der Waals surface area contributed by atoms with Crippen LogP contribution in [0.1, 0.15) is 32.1 Å². The summed E-state index contributed by atoms with van der Waals surface area (Å²) in [4.78, 5) is 27.8. The maximum Gasteiger partial charge on any atom is 0.281 e. The highest BCUT2D eigenvalue weighted by Crippen LogP contribution is 2.27. The molecule has 3 rings (SSSR count). The molecule has 0 spiro atoms. The summed E-state index contributed by atoms with van der Waals surface area (Å²) in [7, 11) is 0. The number of thioether (sulfide) groups is 1. The number of rotatable bonds is 4. The third-order valence-electron chi connectivity index (χ3n) is 4.66. The fraction of sp³-hybridized carbons (Fsp3) is 0.857. The van der Waals surface area contributed by atoms with Gasteiger partial charge in [0.25, 0.3) is 5.24 Å². The van der Waals surface area contributed by atoms with E-state index >= 15 is 0 Å². The second-order valence-corrected chi connectivity index (χ2v) is 6.96. The summed E-state index contributed by atoms with van der Waals surface area (Å²) < 4.78 is 0. The van der Waals surface area contributed by atoms with E-state index in [1.54, 1.807) is 4.90 Å². The number of hydrogen-bond acceptors (Lipinski definition) is 4. The minimum atomic E-state index is 0.104. The second-order valence-electron chi connectivity index (χ2n) is 5.91. The van der Waals surface area contributed by atoms with Gasteiger partial charge >= 0.3 is 0 Å². The molecule has 1 N–H and O–H groups in total. The first kappa shape index (κ1) is 14.2. The first-order valence-electron chi connectivity index (χ1n) is 7.69. The molecule has 5 nitrogen and oxygen atoms in total. The molecule has 3 fully saturated rings.